The molecule has 0 atom stereocenters. The van der Waals surface area contributed by atoms with E-state index in [-0.39, 0.29) is 23.6 Å². The van der Waals surface area contributed by atoms with Gasteiger partial charge in [0, 0.05) is 20.0 Å². The monoisotopic (exact) mass is 395 g/mol. The number of amides is 1. The number of benzene rings is 1. The third-order valence-corrected chi connectivity index (χ3v) is 4.99. The molecular formula is C21H21N3O5. The first kappa shape index (κ1) is 18.9. The van der Waals surface area contributed by atoms with Crippen LogP contribution in [0.25, 0.3) is 10.9 Å². The van der Waals surface area contributed by atoms with Gasteiger partial charge >= 0.3 is 5.97 Å². The molecule has 1 aliphatic heterocycles. The van der Waals surface area contributed by atoms with Gasteiger partial charge in [-0.1, -0.05) is 0 Å². The molecule has 3 aromatic rings. The Balaban J connectivity index is 1.43. The molecule has 150 valence electrons. The van der Waals surface area contributed by atoms with Crippen LogP contribution in [-0.4, -0.2) is 40.0 Å². The highest BCUT2D eigenvalue weighted by molar-refractivity contribution is 5.95. The van der Waals surface area contributed by atoms with E-state index in [9.17, 15) is 14.4 Å². The van der Waals surface area contributed by atoms with Crippen molar-refractivity contribution in [1.29, 1.82) is 0 Å². The van der Waals surface area contributed by atoms with E-state index in [4.69, 9.17) is 9.15 Å². The first-order valence-electron chi connectivity index (χ1n) is 9.42. The van der Waals surface area contributed by atoms with Crippen molar-refractivity contribution in [2.75, 3.05) is 13.7 Å². The van der Waals surface area contributed by atoms with Crippen molar-refractivity contribution < 1.29 is 18.7 Å². The standard InChI is InChI=1S/C21H21N3O5/c1-13-5-7-15(29-13)11-23(2)19(25)12-28-21(27)14-6-8-16-17(10-14)22-18-4-3-9-24(18)20(16)26/h5-8,10H,3-4,9,11-12H2,1-2H3. The van der Waals surface area contributed by atoms with Crippen molar-refractivity contribution >= 4 is 22.8 Å². The molecule has 0 saturated carbocycles. The molecule has 29 heavy (non-hydrogen) atoms. The van der Waals surface area contributed by atoms with Crippen LogP contribution in [0.15, 0.2) is 39.5 Å². The van der Waals surface area contributed by atoms with Crippen LogP contribution in [0.5, 0.6) is 0 Å². The number of esters is 1. The van der Waals surface area contributed by atoms with Crippen molar-refractivity contribution in [3.63, 3.8) is 0 Å². The lowest BCUT2D eigenvalue weighted by Crippen LogP contribution is -2.30. The molecule has 8 heteroatoms. The lowest BCUT2D eigenvalue weighted by molar-refractivity contribution is -0.134. The molecule has 0 bridgehead atoms. The second-order valence-electron chi connectivity index (χ2n) is 7.16. The average molecular weight is 395 g/mol. The summed E-state index contributed by atoms with van der Waals surface area (Å²) in [4.78, 5) is 43.0. The van der Waals surface area contributed by atoms with E-state index in [1.807, 2.05) is 13.0 Å². The van der Waals surface area contributed by atoms with Crippen LogP contribution in [-0.2, 0) is 29.0 Å². The summed E-state index contributed by atoms with van der Waals surface area (Å²) in [5.74, 6) is 1.18. The minimum Gasteiger partial charge on any atom is -0.464 e. The fraction of sp³-hybridized carbons (Fsp3) is 0.333. The molecule has 2 aromatic heterocycles. The summed E-state index contributed by atoms with van der Waals surface area (Å²) in [7, 11) is 1.61. The molecule has 0 spiro atoms. The van der Waals surface area contributed by atoms with Crippen LogP contribution in [0.2, 0.25) is 0 Å². The van der Waals surface area contributed by atoms with Crippen molar-refractivity contribution in [2.45, 2.75) is 32.9 Å². The van der Waals surface area contributed by atoms with Crippen LogP contribution in [0.3, 0.4) is 0 Å². The zero-order chi connectivity index (χ0) is 20.5. The van der Waals surface area contributed by atoms with E-state index in [2.05, 4.69) is 4.98 Å². The summed E-state index contributed by atoms with van der Waals surface area (Å²) in [6.45, 7) is 2.41. The van der Waals surface area contributed by atoms with Crippen molar-refractivity contribution in [1.82, 2.24) is 14.5 Å². The number of hydrogen-bond acceptors (Lipinski definition) is 6. The van der Waals surface area contributed by atoms with Gasteiger partial charge in [-0.2, -0.15) is 0 Å². The van der Waals surface area contributed by atoms with Crippen LogP contribution in [0.1, 0.15) is 34.1 Å². The maximum Gasteiger partial charge on any atom is 0.338 e. The SMILES string of the molecule is Cc1ccc(CN(C)C(=O)COC(=O)c2ccc3c(=O)n4c(nc3c2)CCC4)o1. The summed E-state index contributed by atoms with van der Waals surface area (Å²) in [6, 6.07) is 8.27. The van der Waals surface area contributed by atoms with Gasteiger partial charge in [0.25, 0.3) is 11.5 Å². The minimum absolute atomic E-state index is 0.0904. The highest BCUT2D eigenvalue weighted by Gasteiger charge is 2.19. The molecule has 8 nitrogen and oxygen atoms in total. The Labute approximate surface area is 166 Å². The third-order valence-electron chi connectivity index (χ3n) is 4.99. The van der Waals surface area contributed by atoms with Gasteiger partial charge in [0.15, 0.2) is 6.61 Å². The van der Waals surface area contributed by atoms with Crippen LogP contribution < -0.4 is 5.56 Å². The molecule has 1 aliphatic rings. The molecule has 3 heterocycles. The predicted octanol–water partition coefficient (Wildman–Crippen LogP) is 2.06. The molecule has 0 saturated heterocycles. The van der Waals surface area contributed by atoms with Crippen molar-refractivity contribution in [3.8, 4) is 0 Å². The lowest BCUT2D eigenvalue weighted by Gasteiger charge is -2.15. The predicted molar refractivity (Wildman–Crippen MR) is 105 cm³/mol. The number of hydrogen-bond donors (Lipinski definition) is 0. The lowest BCUT2D eigenvalue weighted by atomic mass is 10.1. The van der Waals surface area contributed by atoms with Crippen LogP contribution in [0.4, 0.5) is 0 Å². The zero-order valence-corrected chi connectivity index (χ0v) is 16.3. The van der Waals surface area contributed by atoms with E-state index in [1.165, 1.54) is 17.0 Å². The molecule has 1 amide bonds. The fourth-order valence-electron chi connectivity index (χ4n) is 3.42. The quantitative estimate of drug-likeness (QED) is 0.614. The summed E-state index contributed by atoms with van der Waals surface area (Å²) < 4.78 is 12.3. The molecule has 0 aliphatic carbocycles. The van der Waals surface area contributed by atoms with E-state index < -0.39 is 5.97 Å². The first-order valence-corrected chi connectivity index (χ1v) is 9.42. The van der Waals surface area contributed by atoms with Gasteiger partial charge in [0.1, 0.15) is 17.3 Å². The van der Waals surface area contributed by atoms with Gasteiger partial charge in [0.2, 0.25) is 0 Å². The normalized spacial score (nSPS) is 12.8. The molecule has 0 fully saturated rings. The van der Waals surface area contributed by atoms with Gasteiger partial charge in [-0.25, -0.2) is 9.78 Å². The number of ether oxygens (including phenoxy) is 1. The summed E-state index contributed by atoms with van der Waals surface area (Å²) >= 11 is 0. The Morgan fingerprint density at radius 1 is 1.28 bits per heavy atom. The summed E-state index contributed by atoms with van der Waals surface area (Å²) in [5, 5.41) is 0.469. The van der Waals surface area contributed by atoms with E-state index in [1.54, 1.807) is 23.7 Å². The van der Waals surface area contributed by atoms with E-state index >= 15 is 0 Å². The maximum atomic E-state index is 12.5. The minimum atomic E-state index is -0.634. The highest BCUT2D eigenvalue weighted by Crippen LogP contribution is 2.17. The second-order valence-corrected chi connectivity index (χ2v) is 7.16. The molecule has 1 aromatic carbocycles. The zero-order valence-electron chi connectivity index (χ0n) is 16.3. The Morgan fingerprint density at radius 3 is 2.86 bits per heavy atom. The number of rotatable bonds is 5. The molecule has 4 rings (SSSR count). The average Bonchev–Trinajstić information content (AvgIpc) is 3.34. The molecule has 0 unspecified atom stereocenters. The highest BCUT2D eigenvalue weighted by atomic mass is 16.5. The topological polar surface area (TPSA) is 94.6 Å². The van der Waals surface area contributed by atoms with Gasteiger partial charge in [-0.15, -0.1) is 0 Å². The van der Waals surface area contributed by atoms with Crippen molar-refractivity contribution in [3.05, 3.63) is 63.6 Å². The van der Waals surface area contributed by atoms with Gasteiger partial charge in [0.05, 0.1) is 23.0 Å². The Kier molecular flexibility index (Phi) is 4.92. The van der Waals surface area contributed by atoms with Gasteiger partial charge in [-0.05, 0) is 43.7 Å². The fourth-order valence-corrected chi connectivity index (χ4v) is 3.42. The molecule has 0 radical (unpaired) electrons. The Hall–Kier alpha value is -3.42. The molecular weight excluding hydrogens is 374 g/mol. The Bertz CT molecular complexity index is 1160. The summed E-state index contributed by atoms with van der Waals surface area (Å²) in [5.41, 5.74) is 0.631. The smallest absolute Gasteiger partial charge is 0.338 e. The van der Waals surface area contributed by atoms with Crippen LogP contribution >= 0.6 is 0 Å². The second kappa shape index (κ2) is 7.54. The van der Waals surface area contributed by atoms with Crippen LogP contribution in [0, 0.1) is 6.92 Å². The molecule has 0 N–H and O–H groups in total. The van der Waals surface area contributed by atoms with Gasteiger partial charge < -0.3 is 14.1 Å². The summed E-state index contributed by atoms with van der Waals surface area (Å²) in [6.07, 6.45) is 1.64. The third kappa shape index (κ3) is 3.78. The number of aromatic nitrogens is 2. The van der Waals surface area contributed by atoms with Gasteiger partial charge in [-0.3, -0.25) is 14.2 Å². The largest absolute Gasteiger partial charge is 0.464 e. The number of carbonyl (C=O) groups excluding carboxylic acids is 2. The van der Waals surface area contributed by atoms with Crippen molar-refractivity contribution in [2.24, 2.45) is 0 Å². The number of aryl methyl sites for hydroxylation is 2. The Morgan fingerprint density at radius 2 is 2.10 bits per heavy atom. The number of carbonyl (C=O) groups is 2. The number of fused-ring (bicyclic) bond motifs is 2. The van der Waals surface area contributed by atoms with E-state index in [0.717, 1.165) is 24.4 Å². The number of likely N-dealkylation sites (N-methyl/N-ethyl adjacent to an activating group) is 1. The maximum absolute atomic E-state index is 12.5. The van der Waals surface area contributed by atoms with E-state index in [0.29, 0.717) is 29.8 Å². The first-order chi connectivity index (χ1) is 13.9. The number of furan rings is 1. The number of nitrogens with zero attached hydrogens (tertiary/aromatic N) is 3.